The molecule has 0 spiro atoms. The SMILES string of the molecule is C=CC(=O)O.CC(C)(C)c1ccccc1OC(O)COCCOCCOCCO. The van der Waals surface area contributed by atoms with Crippen LogP contribution in [0.4, 0.5) is 0 Å². The van der Waals surface area contributed by atoms with Gasteiger partial charge in [0.05, 0.1) is 39.6 Å². The van der Waals surface area contributed by atoms with Crippen molar-refractivity contribution in [1.82, 2.24) is 0 Å². The molecule has 0 fully saturated rings. The number of hydrogen-bond acceptors (Lipinski definition) is 7. The second kappa shape index (κ2) is 15.9. The van der Waals surface area contributed by atoms with Gasteiger partial charge in [-0.15, -0.1) is 0 Å². The Morgan fingerprint density at radius 3 is 2.10 bits per heavy atom. The number of benzene rings is 1. The molecule has 1 unspecified atom stereocenters. The van der Waals surface area contributed by atoms with Crippen molar-refractivity contribution in [2.24, 2.45) is 0 Å². The van der Waals surface area contributed by atoms with Crippen LogP contribution in [0.1, 0.15) is 26.3 Å². The van der Waals surface area contributed by atoms with Gasteiger partial charge in [-0.2, -0.15) is 0 Å². The fourth-order valence-electron chi connectivity index (χ4n) is 2.06. The number of carboxylic acids is 1. The number of para-hydroxylation sites is 1. The van der Waals surface area contributed by atoms with Crippen molar-refractivity contribution >= 4 is 5.97 Å². The number of aliphatic hydroxyl groups is 2. The van der Waals surface area contributed by atoms with Crippen LogP contribution in [-0.2, 0) is 24.4 Å². The van der Waals surface area contributed by atoms with Crippen LogP contribution in [0.5, 0.6) is 5.75 Å². The molecule has 1 atom stereocenters. The summed E-state index contributed by atoms with van der Waals surface area (Å²) >= 11 is 0. The van der Waals surface area contributed by atoms with E-state index in [1.54, 1.807) is 0 Å². The molecule has 0 heterocycles. The average molecular weight is 414 g/mol. The summed E-state index contributed by atoms with van der Waals surface area (Å²) < 4.78 is 21.3. The highest BCUT2D eigenvalue weighted by Gasteiger charge is 2.20. The molecule has 1 rings (SSSR count). The van der Waals surface area contributed by atoms with Crippen LogP contribution in [0, 0.1) is 0 Å². The normalized spacial score (nSPS) is 11.9. The van der Waals surface area contributed by atoms with E-state index in [4.69, 9.17) is 29.2 Å². The third kappa shape index (κ3) is 14.7. The molecular formula is C21H34O8. The standard InChI is InChI=1S/C18H30O6.C3H4O2/c1-18(2,3)15-6-4-5-7-16(15)24-17(20)14-23-13-12-22-11-10-21-9-8-19;1-2-3(4)5/h4-7,17,19-20H,8-14H2,1-3H3;2H,1H2,(H,4,5). The molecule has 0 amide bonds. The molecule has 0 aromatic heterocycles. The zero-order valence-corrected chi connectivity index (χ0v) is 17.5. The van der Waals surface area contributed by atoms with E-state index in [9.17, 15) is 9.90 Å². The summed E-state index contributed by atoms with van der Waals surface area (Å²) in [5, 5.41) is 26.1. The van der Waals surface area contributed by atoms with Gasteiger partial charge in [0.15, 0.2) is 0 Å². The highest BCUT2D eigenvalue weighted by molar-refractivity contribution is 5.78. The van der Waals surface area contributed by atoms with Crippen molar-refractivity contribution in [2.75, 3.05) is 46.2 Å². The molecular weight excluding hydrogens is 380 g/mol. The summed E-state index contributed by atoms with van der Waals surface area (Å²) in [6.45, 7) is 11.3. The van der Waals surface area contributed by atoms with Crippen LogP contribution in [0.15, 0.2) is 36.9 Å². The van der Waals surface area contributed by atoms with E-state index >= 15 is 0 Å². The lowest BCUT2D eigenvalue weighted by molar-refractivity contribution is -0.131. The molecule has 8 nitrogen and oxygen atoms in total. The first-order valence-corrected chi connectivity index (χ1v) is 9.36. The van der Waals surface area contributed by atoms with Gasteiger partial charge in [0.1, 0.15) is 12.4 Å². The van der Waals surface area contributed by atoms with Gasteiger partial charge in [-0.1, -0.05) is 45.5 Å². The molecule has 1 aromatic carbocycles. The summed E-state index contributed by atoms with van der Waals surface area (Å²) in [4.78, 5) is 9.25. The van der Waals surface area contributed by atoms with Gasteiger partial charge in [-0.25, -0.2) is 4.79 Å². The van der Waals surface area contributed by atoms with Crippen LogP contribution in [0.2, 0.25) is 0 Å². The monoisotopic (exact) mass is 414 g/mol. The fourth-order valence-corrected chi connectivity index (χ4v) is 2.06. The first kappa shape index (κ1) is 27.0. The summed E-state index contributed by atoms with van der Waals surface area (Å²) in [6.07, 6.45) is -0.193. The Morgan fingerprint density at radius 2 is 1.59 bits per heavy atom. The second-order valence-electron chi connectivity index (χ2n) is 6.88. The summed E-state index contributed by atoms with van der Waals surface area (Å²) in [5.74, 6) is -0.316. The van der Waals surface area contributed by atoms with E-state index < -0.39 is 12.3 Å². The van der Waals surface area contributed by atoms with E-state index in [2.05, 4.69) is 27.4 Å². The Balaban J connectivity index is 0.00000139. The number of rotatable bonds is 13. The molecule has 0 saturated heterocycles. The van der Waals surface area contributed by atoms with E-state index in [-0.39, 0.29) is 18.6 Å². The summed E-state index contributed by atoms with van der Waals surface area (Å²) in [5.41, 5.74) is 0.971. The third-order valence-corrected chi connectivity index (χ3v) is 3.37. The maximum absolute atomic E-state index is 9.96. The van der Waals surface area contributed by atoms with Crippen molar-refractivity contribution in [1.29, 1.82) is 0 Å². The number of aliphatic carboxylic acids is 1. The van der Waals surface area contributed by atoms with Gasteiger partial charge in [-0.3, -0.25) is 0 Å². The molecule has 0 aliphatic heterocycles. The molecule has 0 aliphatic rings. The first-order valence-electron chi connectivity index (χ1n) is 9.36. The van der Waals surface area contributed by atoms with Crippen LogP contribution in [-0.4, -0.2) is 73.8 Å². The molecule has 3 N–H and O–H groups in total. The highest BCUT2D eigenvalue weighted by atomic mass is 16.6. The molecule has 0 bridgehead atoms. The van der Waals surface area contributed by atoms with Crippen LogP contribution < -0.4 is 4.74 Å². The number of aliphatic hydroxyl groups excluding tert-OH is 2. The Morgan fingerprint density at radius 1 is 1.07 bits per heavy atom. The van der Waals surface area contributed by atoms with Crippen molar-refractivity contribution in [3.05, 3.63) is 42.5 Å². The van der Waals surface area contributed by atoms with Crippen molar-refractivity contribution < 1.29 is 39.1 Å². The van der Waals surface area contributed by atoms with Gasteiger partial charge in [-0.05, 0) is 17.0 Å². The lowest BCUT2D eigenvalue weighted by atomic mass is 9.86. The summed E-state index contributed by atoms with van der Waals surface area (Å²) in [7, 11) is 0. The highest BCUT2D eigenvalue weighted by Crippen LogP contribution is 2.31. The second-order valence-corrected chi connectivity index (χ2v) is 6.88. The zero-order chi connectivity index (χ0) is 22.1. The minimum atomic E-state index is -1.03. The van der Waals surface area contributed by atoms with Crippen molar-refractivity contribution in [2.45, 2.75) is 32.5 Å². The molecule has 0 radical (unpaired) electrons. The molecule has 0 saturated carbocycles. The van der Waals surface area contributed by atoms with Gasteiger partial charge in [0.25, 0.3) is 0 Å². The number of ether oxygens (including phenoxy) is 4. The topological polar surface area (TPSA) is 115 Å². The Bertz CT molecular complexity index is 568. The molecule has 29 heavy (non-hydrogen) atoms. The van der Waals surface area contributed by atoms with E-state index in [0.29, 0.717) is 38.8 Å². The minimum absolute atomic E-state index is 0.0132. The van der Waals surface area contributed by atoms with Crippen molar-refractivity contribution in [3.8, 4) is 5.75 Å². The lowest BCUT2D eigenvalue weighted by Gasteiger charge is -2.24. The van der Waals surface area contributed by atoms with E-state index in [1.807, 2.05) is 24.3 Å². The van der Waals surface area contributed by atoms with Gasteiger partial charge < -0.3 is 34.3 Å². The molecule has 8 heteroatoms. The molecule has 166 valence electrons. The number of carboxylic acid groups (broad SMARTS) is 1. The van der Waals surface area contributed by atoms with Crippen LogP contribution in [0.3, 0.4) is 0 Å². The van der Waals surface area contributed by atoms with Crippen LogP contribution >= 0.6 is 0 Å². The Kier molecular flexibility index (Phi) is 14.8. The molecule has 1 aromatic rings. The van der Waals surface area contributed by atoms with E-state index in [0.717, 1.165) is 11.6 Å². The van der Waals surface area contributed by atoms with Crippen LogP contribution in [0.25, 0.3) is 0 Å². The van der Waals surface area contributed by atoms with Crippen molar-refractivity contribution in [3.63, 3.8) is 0 Å². The fraction of sp³-hybridized carbons (Fsp3) is 0.571. The van der Waals surface area contributed by atoms with Gasteiger partial charge in [0, 0.05) is 6.08 Å². The first-order chi connectivity index (χ1) is 13.7. The maximum atomic E-state index is 9.96. The Hall–Kier alpha value is -1.97. The lowest BCUT2D eigenvalue weighted by Crippen LogP contribution is -2.25. The minimum Gasteiger partial charge on any atom is -0.478 e. The summed E-state index contributed by atoms with van der Waals surface area (Å²) in [6, 6.07) is 7.68. The Labute approximate surface area is 172 Å². The number of carbonyl (C=O) groups is 1. The van der Waals surface area contributed by atoms with E-state index in [1.165, 1.54) is 0 Å². The van der Waals surface area contributed by atoms with Gasteiger partial charge >= 0.3 is 5.97 Å². The quantitative estimate of drug-likeness (QED) is 0.255. The molecule has 0 aliphatic carbocycles. The number of hydrogen-bond donors (Lipinski definition) is 3. The largest absolute Gasteiger partial charge is 0.478 e. The van der Waals surface area contributed by atoms with Gasteiger partial charge in [0.2, 0.25) is 6.29 Å². The maximum Gasteiger partial charge on any atom is 0.327 e. The predicted octanol–water partition coefficient (Wildman–Crippen LogP) is 1.98. The third-order valence-electron chi connectivity index (χ3n) is 3.37. The smallest absolute Gasteiger partial charge is 0.327 e. The zero-order valence-electron chi connectivity index (χ0n) is 17.5. The average Bonchev–Trinajstić information content (AvgIpc) is 2.66. The predicted molar refractivity (Wildman–Crippen MR) is 109 cm³/mol.